The normalized spacial score (nSPS) is 9.29. The summed E-state index contributed by atoms with van der Waals surface area (Å²) in [6, 6.07) is 7.53. The third-order valence-electron chi connectivity index (χ3n) is 1.74. The number of carbonyl (C=O) groups excluding carboxylic acids is 3. The molecule has 7 heteroatoms. The Hall–Kier alpha value is -1.64. The largest absolute Gasteiger partial charge is 0.341 e. The molecular formula is C10H10IN3O3. The van der Waals surface area contributed by atoms with Crippen LogP contribution in [0.25, 0.3) is 0 Å². The molecule has 17 heavy (non-hydrogen) atoms. The second-order valence-electron chi connectivity index (χ2n) is 3.06. The van der Waals surface area contributed by atoms with E-state index in [0.717, 1.165) is 3.22 Å². The number of urea groups is 1. The summed E-state index contributed by atoms with van der Waals surface area (Å²) in [5, 5.41) is 2.09. The van der Waals surface area contributed by atoms with Crippen LogP contribution in [0, 0.1) is 0 Å². The number of nitrogens with one attached hydrogen (secondary N) is 2. The molecule has 0 atom stereocenters. The van der Waals surface area contributed by atoms with Crippen molar-refractivity contribution in [2.24, 2.45) is 0 Å². The standard InChI is InChI=1S/C10H10IN3O3/c1-7(15)14(11)13-10(17)12-9(16)8-5-3-2-4-6-8/h2-6H,1H3,(H2,12,13,16,17). The third kappa shape index (κ3) is 4.39. The van der Waals surface area contributed by atoms with E-state index in [0.29, 0.717) is 5.56 Å². The quantitative estimate of drug-likeness (QED) is 0.456. The van der Waals surface area contributed by atoms with Gasteiger partial charge in [0.25, 0.3) is 5.91 Å². The number of imide groups is 1. The summed E-state index contributed by atoms with van der Waals surface area (Å²) in [7, 11) is 0. The minimum Gasteiger partial charge on any atom is -0.273 e. The Morgan fingerprint density at radius 2 is 1.76 bits per heavy atom. The smallest absolute Gasteiger partial charge is 0.273 e. The average molecular weight is 347 g/mol. The second kappa shape index (κ2) is 6.18. The molecule has 0 aliphatic rings. The molecule has 90 valence electrons. The number of hydrogen-bond acceptors (Lipinski definition) is 3. The summed E-state index contributed by atoms with van der Waals surface area (Å²) in [4.78, 5) is 33.7. The van der Waals surface area contributed by atoms with Crippen LogP contribution in [0.1, 0.15) is 17.3 Å². The van der Waals surface area contributed by atoms with Crippen molar-refractivity contribution in [2.45, 2.75) is 6.92 Å². The van der Waals surface area contributed by atoms with Gasteiger partial charge in [0.15, 0.2) is 0 Å². The SMILES string of the molecule is CC(=O)N(I)NC(=O)NC(=O)c1ccccc1. The summed E-state index contributed by atoms with van der Waals surface area (Å²) in [6.07, 6.45) is 0. The Morgan fingerprint density at radius 3 is 2.29 bits per heavy atom. The lowest BCUT2D eigenvalue weighted by Crippen LogP contribution is -2.46. The zero-order chi connectivity index (χ0) is 12.8. The Morgan fingerprint density at radius 1 is 1.18 bits per heavy atom. The Labute approximate surface area is 112 Å². The molecule has 0 fully saturated rings. The summed E-state index contributed by atoms with van der Waals surface area (Å²) < 4.78 is 0.950. The van der Waals surface area contributed by atoms with Gasteiger partial charge in [-0.2, -0.15) is 3.22 Å². The number of carbonyl (C=O) groups is 3. The van der Waals surface area contributed by atoms with Gasteiger partial charge in [-0.3, -0.25) is 14.9 Å². The van der Waals surface area contributed by atoms with Crippen LogP contribution in [0.15, 0.2) is 30.3 Å². The van der Waals surface area contributed by atoms with Gasteiger partial charge in [0.05, 0.1) is 22.9 Å². The monoisotopic (exact) mass is 347 g/mol. The predicted octanol–water partition coefficient (Wildman–Crippen LogP) is 1.24. The zero-order valence-electron chi connectivity index (χ0n) is 8.94. The van der Waals surface area contributed by atoms with Crippen molar-refractivity contribution in [3.8, 4) is 0 Å². The number of nitrogens with zero attached hydrogens (tertiary/aromatic N) is 1. The summed E-state index contributed by atoms with van der Waals surface area (Å²) in [5.41, 5.74) is 2.55. The van der Waals surface area contributed by atoms with Crippen LogP contribution >= 0.6 is 22.9 Å². The van der Waals surface area contributed by atoms with Crippen molar-refractivity contribution in [3.63, 3.8) is 0 Å². The third-order valence-corrected chi connectivity index (χ3v) is 2.66. The number of hydrogen-bond donors (Lipinski definition) is 2. The van der Waals surface area contributed by atoms with E-state index in [2.05, 4.69) is 10.7 Å². The van der Waals surface area contributed by atoms with E-state index >= 15 is 0 Å². The van der Waals surface area contributed by atoms with Crippen LogP contribution in [-0.4, -0.2) is 21.1 Å². The van der Waals surface area contributed by atoms with Crippen LogP contribution in [-0.2, 0) is 4.79 Å². The molecule has 1 aromatic carbocycles. The second-order valence-corrected chi connectivity index (χ2v) is 4.03. The Balaban J connectivity index is 2.53. The summed E-state index contributed by atoms with van der Waals surface area (Å²) >= 11 is 1.61. The van der Waals surface area contributed by atoms with E-state index in [1.807, 2.05) is 0 Å². The van der Waals surface area contributed by atoms with Gasteiger partial charge < -0.3 is 0 Å². The minimum atomic E-state index is -0.761. The highest BCUT2D eigenvalue weighted by Crippen LogP contribution is 1.98. The average Bonchev–Trinajstić information content (AvgIpc) is 2.29. The summed E-state index contributed by atoms with van der Waals surface area (Å²) in [5.74, 6) is -0.885. The first-order valence-corrected chi connectivity index (χ1v) is 5.60. The molecule has 6 nitrogen and oxygen atoms in total. The molecule has 0 saturated carbocycles. The van der Waals surface area contributed by atoms with Crippen LogP contribution in [0.2, 0.25) is 0 Å². The van der Waals surface area contributed by atoms with E-state index in [1.165, 1.54) is 6.92 Å². The van der Waals surface area contributed by atoms with Gasteiger partial charge in [0, 0.05) is 12.5 Å². The molecule has 1 aromatic rings. The number of amides is 4. The molecule has 0 unspecified atom stereocenters. The highest BCUT2D eigenvalue weighted by molar-refractivity contribution is 14.1. The number of halogens is 1. The van der Waals surface area contributed by atoms with Crippen LogP contribution in [0.3, 0.4) is 0 Å². The van der Waals surface area contributed by atoms with Gasteiger partial charge in [-0.05, 0) is 12.1 Å². The molecule has 0 aromatic heterocycles. The predicted molar refractivity (Wildman–Crippen MR) is 69.0 cm³/mol. The van der Waals surface area contributed by atoms with Crippen molar-refractivity contribution >= 4 is 40.7 Å². The number of hydrazine groups is 1. The van der Waals surface area contributed by atoms with Gasteiger partial charge in [-0.15, -0.1) is 0 Å². The summed E-state index contributed by atoms with van der Waals surface area (Å²) in [6.45, 7) is 1.28. The van der Waals surface area contributed by atoms with Crippen molar-refractivity contribution in [2.75, 3.05) is 0 Å². The van der Waals surface area contributed by atoms with E-state index in [4.69, 9.17) is 0 Å². The molecule has 2 N–H and O–H groups in total. The maximum absolute atomic E-state index is 11.5. The van der Waals surface area contributed by atoms with Crippen molar-refractivity contribution in [3.05, 3.63) is 35.9 Å². The maximum Gasteiger partial charge on any atom is 0.341 e. The molecule has 0 heterocycles. The molecule has 0 bridgehead atoms. The van der Waals surface area contributed by atoms with Gasteiger partial charge in [0.1, 0.15) is 0 Å². The molecule has 0 aliphatic carbocycles. The fourth-order valence-electron chi connectivity index (χ4n) is 0.961. The maximum atomic E-state index is 11.5. The highest BCUT2D eigenvalue weighted by atomic mass is 127. The molecule has 0 aliphatic heterocycles. The Kier molecular flexibility index (Phi) is 4.88. The lowest BCUT2D eigenvalue weighted by molar-refractivity contribution is -0.124. The Bertz CT molecular complexity index is 436. The van der Waals surface area contributed by atoms with Crippen LogP contribution < -0.4 is 10.7 Å². The van der Waals surface area contributed by atoms with E-state index in [1.54, 1.807) is 53.2 Å². The van der Waals surface area contributed by atoms with Crippen molar-refractivity contribution in [1.82, 2.24) is 14.0 Å². The van der Waals surface area contributed by atoms with Crippen LogP contribution in [0.4, 0.5) is 4.79 Å². The zero-order valence-corrected chi connectivity index (χ0v) is 11.1. The molecule has 0 radical (unpaired) electrons. The molecular weight excluding hydrogens is 337 g/mol. The van der Waals surface area contributed by atoms with E-state index < -0.39 is 11.9 Å². The molecule has 4 amide bonds. The van der Waals surface area contributed by atoms with Gasteiger partial charge in [-0.25, -0.2) is 10.2 Å². The van der Waals surface area contributed by atoms with E-state index in [9.17, 15) is 14.4 Å². The van der Waals surface area contributed by atoms with Gasteiger partial charge >= 0.3 is 6.03 Å². The topological polar surface area (TPSA) is 78.5 Å². The first kappa shape index (κ1) is 13.4. The molecule has 0 spiro atoms. The van der Waals surface area contributed by atoms with Crippen molar-refractivity contribution in [1.29, 1.82) is 0 Å². The fourth-order valence-corrected chi connectivity index (χ4v) is 1.18. The molecule has 0 saturated heterocycles. The minimum absolute atomic E-state index is 0.354. The number of rotatable bonds is 1. The van der Waals surface area contributed by atoms with Gasteiger partial charge in [-0.1, -0.05) is 18.2 Å². The highest BCUT2D eigenvalue weighted by Gasteiger charge is 2.12. The first-order chi connectivity index (χ1) is 8.00. The van der Waals surface area contributed by atoms with E-state index in [-0.39, 0.29) is 5.91 Å². The fraction of sp³-hybridized carbons (Fsp3) is 0.100. The lowest BCUT2D eigenvalue weighted by Gasteiger charge is -2.13. The van der Waals surface area contributed by atoms with Gasteiger partial charge in [0.2, 0.25) is 5.91 Å². The lowest BCUT2D eigenvalue weighted by atomic mass is 10.2. The first-order valence-electron chi connectivity index (χ1n) is 4.64. The molecule has 1 rings (SSSR count). The van der Waals surface area contributed by atoms with Crippen molar-refractivity contribution < 1.29 is 14.4 Å². The van der Waals surface area contributed by atoms with Crippen LogP contribution in [0.5, 0.6) is 0 Å². The number of benzene rings is 1.